The van der Waals surface area contributed by atoms with Gasteiger partial charge in [-0.2, -0.15) is 0 Å². The van der Waals surface area contributed by atoms with Gasteiger partial charge in [0.2, 0.25) is 5.91 Å². The quantitative estimate of drug-likeness (QED) is 0.643. The van der Waals surface area contributed by atoms with Crippen LogP contribution >= 0.6 is 11.8 Å². The van der Waals surface area contributed by atoms with E-state index >= 15 is 0 Å². The normalized spacial score (nSPS) is 10.7. The lowest BCUT2D eigenvalue weighted by Crippen LogP contribution is -2.31. The molecule has 1 heterocycles. The number of benzene rings is 1. The Morgan fingerprint density at radius 1 is 1.21 bits per heavy atom. The molecule has 1 amide bonds. The zero-order valence-corrected chi connectivity index (χ0v) is 15.3. The Labute approximate surface area is 146 Å². The number of carbonyl (C=O) groups excluding carboxylic acids is 2. The number of amides is 1. The number of aryl methyl sites for hydroxylation is 3. The summed E-state index contributed by atoms with van der Waals surface area (Å²) >= 11 is 1.37. The molecule has 0 unspecified atom stereocenters. The molecule has 0 radical (unpaired) electrons. The number of ether oxygens (including phenoxy) is 1. The van der Waals surface area contributed by atoms with E-state index in [0.717, 1.165) is 27.1 Å². The summed E-state index contributed by atoms with van der Waals surface area (Å²) < 4.78 is 4.77. The first-order valence-electron chi connectivity index (χ1n) is 7.85. The molecule has 0 bridgehead atoms. The van der Waals surface area contributed by atoms with E-state index < -0.39 is 5.97 Å². The maximum Gasteiger partial charge on any atom is 0.325 e. The number of aromatic nitrogens is 1. The fourth-order valence-corrected chi connectivity index (χ4v) is 3.10. The molecular weight excluding hydrogens is 324 g/mol. The summed E-state index contributed by atoms with van der Waals surface area (Å²) in [6.07, 6.45) is 0. The lowest BCUT2D eigenvalue weighted by Gasteiger charge is -2.10. The summed E-state index contributed by atoms with van der Waals surface area (Å²) in [6, 6.07) is 6.25. The van der Waals surface area contributed by atoms with Crippen molar-refractivity contribution < 1.29 is 14.3 Å². The van der Waals surface area contributed by atoms with Crippen molar-refractivity contribution in [1.29, 1.82) is 0 Å². The number of nitrogens with one attached hydrogen (secondary N) is 1. The number of thioether (sulfide) groups is 1. The number of esters is 1. The van der Waals surface area contributed by atoms with Gasteiger partial charge in [0.05, 0.1) is 17.9 Å². The monoisotopic (exact) mass is 346 g/mol. The number of hydrogen-bond acceptors (Lipinski definition) is 5. The second-order valence-corrected chi connectivity index (χ2v) is 6.52. The molecule has 0 fully saturated rings. The highest BCUT2D eigenvalue weighted by atomic mass is 32.2. The number of pyridine rings is 1. The van der Waals surface area contributed by atoms with Gasteiger partial charge in [0, 0.05) is 5.39 Å². The van der Waals surface area contributed by atoms with E-state index in [1.54, 1.807) is 6.92 Å². The van der Waals surface area contributed by atoms with Crippen LogP contribution in [0.15, 0.2) is 23.2 Å². The standard InChI is InChI=1S/C18H22N2O3S/c1-5-23-16(22)9-19-15(21)10-24-18-12(3)8-14-7-6-11(2)13(4)17(14)20-18/h6-8H,5,9-10H2,1-4H3,(H,19,21). The van der Waals surface area contributed by atoms with Crippen LogP contribution in [0.3, 0.4) is 0 Å². The van der Waals surface area contributed by atoms with Crippen molar-refractivity contribution in [2.24, 2.45) is 0 Å². The molecule has 0 aliphatic carbocycles. The molecule has 2 rings (SSSR count). The molecule has 0 aliphatic heterocycles. The average Bonchev–Trinajstić information content (AvgIpc) is 2.55. The predicted molar refractivity (Wildman–Crippen MR) is 96.3 cm³/mol. The third-order valence-electron chi connectivity index (χ3n) is 3.73. The van der Waals surface area contributed by atoms with Crippen molar-refractivity contribution in [3.63, 3.8) is 0 Å². The van der Waals surface area contributed by atoms with Crippen molar-refractivity contribution in [2.75, 3.05) is 18.9 Å². The molecule has 0 spiro atoms. The number of fused-ring (bicyclic) bond motifs is 1. The van der Waals surface area contributed by atoms with Crippen molar-refractivity contribution in [2.45, 2.75) is 32.7 Å². The lowest BCUT2D eigenvalue weighted by atomic mass is 10.0. The first kappa shape index (κ1) is 18.3. The molecular formula is C18H22N2O3S. The number of carbonyl (C=O) groups is 2. The van der Waals surface area contributed by atoms with Gasteiger partial charge in [-0.05, 0) is 50.5 Å². The van der Waals surface area contributed by atoms with Crippen molar-refractivity contribution >= 4 is 34.5 Å². The molecule has 1 aromatic carbocycles. The number of hydrogen-bond donors (Lipinski definition) is 1. The molecule has 128 valence electrons. The zero-order valence-electron chi connectivity index (χ0n) is 14.4. The highest BCUT2D eigenvalue weighted by Gasteiger charge is 2.11. The molecule has 0 atom stereocenters. The van der Waals surface area contributed by atoms with Gasteiger partial charge in [-0.3, -0.25) is 9.59 Å². The summed E-state index contributed by atoms with van der Waals surface area (Å²) in [7, 11) is 0. The SMILES string of the molecule is CCOC(=O)CNC(=O)CSc1nc2c(C)c(C)ccc2cc1C. The van der Waals surface area contributed by atoms with Crippen molar-refractivity contribution in [1.82, 2.24) is 10.3 Å². The predicted octanol–water partition coefficient (Wildman–Crippen LogP) is 2.93. The van der Waals surface area contributed by atoms with Gasteiger partial charge in [-0.25, -0.2) is 4.98 Å². The topological polar surface area (TPSA) is 68.3 Å². The highest BCUT2D eigenvalue weighted by molar-refractivity contribution is 7.99. The van der Waals surface area contributed by atoms with Crippen LogP contribution in [0.25, 0.3) is 10.9 Å². The molecule has 24 heavy (non-hydrogen) atoms. The van der Waals surface area contributed by atoms with Crippen molar-refractivity contribution in [3.8, 4) is 0 Å². The van der Waals surface area contributed by atoms with Crippen LogP contribution in [0.1, 0.15) is 23.6 Å². The van der Waals surface area contributed by atoms with Crippen LogP contribution in [0.2, 0.25) is 0 Å². The van der Waals surface area contributed by atoms with Crippen LogP contribution in [0, 0.1) is 20.8 Å². The fraction of sp³-hybridized carbons (Fsp3) is 0.389. The summed E-state index contributed by atoms with van der Waals surface area (Å²) in [5, 5.41) is 4.49. The van der Waals surface area contributed by atoms with Crippen LogP contribution in [0.4, 0.5) is 0 Å². The molecule has 6 heteroatoms. The Morgan fingerprint density at radius 3 is 2.67 bits per heavy atom. The molecule has 2 aromatic rings. The minimum absolute atomic E-state index is 0.102. The molecule has 0 aliphatic rings. The second-order valence-electron chi connectivity index (χ2n) is 5.56. The Hall–Kier alpha value is -2.08. The molecule has 5 nitrogen and oxygen atoms in total. The number of rotatable bonds is 6. The van der Waals surface area contributed by atoms with Gasteiger partial charge < -0.3 is 10.1 Å². The first-order valence-corrected chi connectivity index (χ1v) is 8.83. The minimum Gasteiger partial charge on any atom is -0.465 e. The third kappa shape index (κ3) is 4.47. The fourth-order valence-electron chi connectivity index (χ4n) is 2.29. The summed E-state index contributed by atoms with van der Waals surface area (Å²) in [6.45, 7) is 8.04. The molecule has 1 aromatic heterocycles. The largest absolute Gasteiger partial charge is 0.465 e. The summed E-state index contributed by atoms with van der Waals surface area (Å²) in [5.41, 5.74) is 4.35. The van der Waals surface area contributed by atoms with Crippen LogP contribution < -0.4 is 5.32 Å². The smallest absolute Gasteiger partial charge is 0.325 e. The van der Waals surface area contributed by atoms with Crippen LogP contribution in [-0.2, 0) is 14.3 Å². The Bertz CT molecular complexity index is 774. The van der Waals surface area contributed by atoms with Gasteiger partial charge in [0.1, 0.15) is 11.6 Å². The highest BCUT2D eigenvalue weighted by Crippen LogP contribution is 2.27. The van der Waals surface area contributed by atoms with E-state index in [4.69, 9.17) is 9.72 Å². The van der Waals surface area contributed by atoms with Gasteiger partial charge >= 0.3 is 5.97 Å². The summed E-state index contributed by atoms with van der Waals surface area (Å²) in [5.74, 6) is -0.429. The van der Waals surface area contributed by atoms with Gasteiger partial charge in [0.25, 0.3) is 0 Å². The van der Waals surface area contributed by atoms with Gasteiger partial charge in [-0.15, -0.1) is 0 Å². The third-order valence-corrected chi connectivity index (χ3v) is 4.82. The molecule has 1 N–H and O–H groups in total. The maximum atomic E-state index is 11.9. The van der Waals surface area contributed by atoms with E-state index in [2.05, 4.69) is 37.4 Å². The van der Waals surface area contributed by atoms with E-state index in [1.807, 2.05) is 6.92 Å². The van der Waals surface area contributed by atoms with Crippen molar-refractivity contribution in [3.05, 3.63) is 34.9 Å². The average molecular weight is 346 g/mol. The Kier molecular flexibility index (Phi) is 6.20. The van der Waals surface area contributed by atoms with Gasteiger partial charge in [0.15, 0.2) is 0 Å². The van der Waals surface area contributed by atoms with E-state index in [-0.39, 0.29) is 18.2 Å². The molecule has 0 saturated heterocycles. The summed E-state index contributed by atoms with van der Waals surface area (Å²) in [4.78, 5) is 27.8. The minimum atomic E-state index is -0.429. The molecule has 0 saturated carbocycles. The van der Waals surface area contributed by atoms with E-state index in [0.29, 0.717) is 6.61 Å². The van der Waals surface area contributed by atoms with E-state index in [9.17, 15) is 9.59 Å². The Morgan fingerprint density at radius 2 is 1.96 bits per heavy atom. The van der Waals surface area contributed by atoms with E-state index in [1.165, 1.54) is 17.3 Å². The van der Waals surface area contributed by atoms with Crippen LogP contribution in [0.5, 0.6) is 0 Å². The Balaban J connectivity index is 2.04. The lowest BCUT2D eigenvalue weighted by molar-refractivity contribution is -0.143. The number of nitrogens with zero attached hydrogens (tertiary/aromatic N) is 1. The second kappa shape index (κ2) is 8.15. The van der Waals surface area contributed by atoms with Crippen LogP contribution in [-0.4, -0.2) is 35.8 Å². The van der Waals surface area contributed by atoms with Gasteiger partial charge in [-0.1, -0.05) is 23.9 Å². The first-order chi connectivity index (χ1) is 11.4. The zero-order chi connectivity index (χ0) is 17.7. The maximum absolute atomic E-state index is 11.9.